The number of halogens is 1. The molecule has 0 fully saturated rings. The summed E-state index contributed by atoms with van der Waals surface area (Å²) in [6.07, 6.45) is 0. The number of Topliss-reactive ketones (excluding diaryl/α,β-unsaturated/α-hetero) is 1. The largest absolute Gasteiger partial charge is 0.480 e. The highest BCUT2D eigenvalue weighted by molar-refractivity contribution is 9.10. The number of nitrogens with zero attached hydrogens (tertiary/aromatic N) is 1. The fraction of sp³-hybridized carbons (Fsp3) is 0.231. The number of hydrogen-bond donors (Lipinski definition) is 0. The highest BCUT2D eigenvalue weighted by Gasteiger charge is 2.12. The summed E-state index contributed by atoms with van der Waals surface area (Å²) in [5.41, 5.74) is 2.41. The van der Waals surface area contributed by atoms with Crippen molar-refractivity contribution >= 4 is 32.6 Å². The van der Waals surface area contributed by atoms with Gasteiger partial charge in [-0.3, -0.25) is 4.79 Å². The first-order chi connectivity index (χ1) is 8.02. The number of pyridine rings is 1. The highest BCUT2D eigenvalue weighted by atomic mass is 79.9. The first kappa shape index (κ1) is 12.0. The van der Waals surface area contributed by atoms with Crippen LogP contribution in [0.2, 0.25) is 0 Å². The molecular weight excluding hydrogens is 282 g/mol. The molecule has 0 saturated heterocycles. The zero-order valence-electron chi connectivity index (χ0n) is 9.87. The summed E-state index contributed by atoms with van der Waals surface area (Å²) in [7, 11) is 1.52. The summed E-state index contributed by atoms with van der Waals surface area (Å²) in [6, 6.07) is 5.75. The summed E-state index contributed by atoms with van der Waals surface area (Å²) in [5, 5.41) is 0.971. The van der Waals surface area contributed by atoms with Gasteiger partial charge in [0.2, 0.25) is 5.88 Å². The van der Waals surface area contributed by atoms with E-state index < -0.39 is 0 Å². The van der Waals surface area contributed by atoms with Gasteiger partial charge < -0.3 is 4.74 Å². The second-order valence-electron chi connectivity index (χ2n) is 3.89. The quantitative estimate of drug-likeness (QED) is 0.796. The highest BCUT2D eigenvalue weighted by Crippen LogP contribution is 2.27. The number of aromatic nitrogens is 1. The Kier molecular flexibility index (Phi) is 3.15. The number of ketones is 1. The summed E-state index contributed by atoms with van der Waals surface area (Å²) < 4.78 is 6.11. The molecule has 1 heterocycles. The van der Waals surface area contributed by atoms with Crippen LogP contribution >= 0.6 is 15.9 Å². The summed E-state index contributed by atoms with van der Waals surface area (Å²) in [5.74, 6) is 0.334. The maximum atomic E-state index is 11.5. The predicted molar refractivity (Wildman–Crippen MR) is 70.7 cm³/mol. The number of methoxy groups -OCH3 is 1. The number of fused-ring (bicyclic) bond motifs is 1. The fourth-order valence-corrected chi connectivity index (χ4v) is 2.36. The van der Waals surface area contributed by atoms with E-state index in [0.717, 1.165) is 20.9 Å². The predicted octanol–water partition coefficient (Wildman–Crippen LogP) is 3.52. The molecule has 0 saturated carbocycles. The van der Waals surface area contributed by atoms with Crippen molar-refractivity contribution < 1.29 is 9.53 Å². The van der Waals surface area contributed by atoms with E-state index in [1.807, 2.05) is 25.1 Å². The first-order valence-electron chi connectivity index (χ1n) is 5.18. The first-order valence-corrected chi connectivity index (χ1v) is 5.98. The lowest BCUT2D eigenvalue weighted by Gasteiger charge is -2.09. The number of carbonyl (C=O) groups excluding carboxylic acids is 1. The van der Waals surface area contributed by atoms with E-state index in [4.69, 9.17) is 4.74 Å². The number of aryl methyl sites for hydroxylation is 1. The van der Waals surface area contributed by atoms with Crippen LogP contribution in [0.15, 0.2) is 22.7 Å². The van der Waals surface area contributed by atoms with Crippen molar-refractivity contribution in [2.24, 2.45) is 0 Å². The van der Waals surface area contributed by atoms with Crippen LogP contribution in [0.1, 0.15) is 22.8 Å². The third kappa shape index (κ3) is 2.17. The van der Waals surface area contributed by atoms with Crippen molar-refractivity contribution in [2.45, 2.75) is 13.8 Å². The van der Waals surface area contributed by atoms with Crippen molar-refractivity contribution in [3.63, 3.8) is 0 Å². The molecule has 1 aromatic heterocycles. The number of hydrogen-bond acceptors (Lipinski definition) is 3. The molecule has 0 radical (unpaired) electrons. The van der Waals surface area contributed by atoms with Crippen molar-refractivity contribution in [1.29, 1.82) is 0 Å². The van der Waals surface area contributed by atoms with Gasteiger partial charge in [0.25, 0.3) is 0 Å². The molecular formula is C13H12BrNO2. The number of carbonyl (C=O) groups is 1. The summed E-state index contributed by atoms with van der Waals surface area (Å²) >= 11 is 3.43. The Bertz CT molecular complexity index is 608. The van der Waals surface area contributed by atoms with Gasteiger partial charge >= 0.3 is 0 Å². The van der Waals surface area contributed by atoms with Crippen LogP contribution in [-0.4, -0.2) is 17.9 Å². The molecule has 4 heteroatoms. The molecule has 17 heavy (non-hydrogen) atoms. The van der Waals surface area contributed by atoms with Gasteiger partial charge in [0.15, 0.2) is 5.78 Å². The zero-order valence-corrected chi connectivity index (χ0v) is 11.5. The molecule has 2 rings (SSSR count). The second-order valence-corrected chi connectivity index (χ2v) is 4.81. The molecule has 0 aliphatic rings. The molecule has 0 atom stereocenters. The Balaban J connectivity index is 2.83. The van der Waals surface area contributed by atoms with Crippen LogP contribution in [0, 0.1) is 6.92 Å². The van der Waals surface area contributed by atoms with Gasteiger partial charge in [0.05, 0.1) is 18.2 Å². The lowest BCUT2D eigenvalue weighted by atomic mass is 10.1. The minimum atomic E-state index is -0.0430. The van der Waals surface area contributed by atoms with Crippen LogP contribution in [0.3, 0.4) is 0 Å². The van der Waals surface area contributed by atoms with Gasteiger partial charge in [-0.25, -0.2) is 4.98 Å². The average molecular weight is 294 g/mol. The van der Waals surface area contributed by atoms with Gasteiger partial charge in [-0.05, 0) is 37.6 Å². The smallest absolute Gasteiger partial charge is 0.224 e. The topological polar surface area (TPSA) is 39.2 Å². The lowest BCUT2D eigenvalue weighted by Crippen LogP contribution is -2.01. The fourth-order valence-electron chi connectivity index (χ4n) is 1.80. The summed E-state index contributed by atoms with van der Waals surface area (Å²) in [6.45, 7) is 3.50. The molecule has 0 aliphatic heterocycles. The van der Waals surface area contributed by atoms with E-state index in [0.29, 0.717) is 11.4 Å². The molecule has 88 valence electrons. The molecule has 0 N–H and O–H groups in total. The van der Waals surface area contributed by atoms with E-state index in [9.17, 15) is 4.79 Å². The van der Waals surface area contributed by atoms with Crippen LogP contribution in [0.4, 0.5) is 0 Å². The Morgan fingerprint density at radius 1 is 1.35 bits per heavy atom. The van der Waals surface area contributed by atoms with Gasteiger partial charge in [-0.2, -0.15) is 0 Å². The van der Waals surface area contributed by atoms with E-state index in [2.05, 4.69) is 20.9 Å². The van der Waals surface area contributed by atoms with E-state index in [1.165, 1.54) is 14.0 Å². The Labute approximate surface area is 108 Å². The third-order valence-electron chi connectivity index (χ3n) is 2.64. The average Bonchev–Trinajstić information content (AvgIpc) is 2.26. The van der Waals surface area contributed by atoms with Gasteiger partial charge in [0, 0.05) is 9.86 Å². The van der Waals surface area contributed by atoms with Crippen molar-refractivity contribution in [2.75, 3.05) is 7.11 Å². The monoisotopic (exact) mass is 293 g/mol. The molecule has 2 aromatic rings. The van der Waals surface area contributed by atoms with E-state index >= 15 is 0 Å². The Hall–Kier alpha value is -1.42. The van der Waals surface area contributed by atoms with E-state index in [1.54, 1.807) is 0 Å². The number of rotatable bonds is 2. The maximum absolute atomic E-state index is 11.5. The Morgan fingerprint density at radius 3 is 2.65 bits per heavy atom. The van der Waals surface area contributed by atoms with Crippen LogP contribution < -0.4 is 4.74 Å². The third-order valence-corrected chi connectivity index (χ3v) is 3.10. The van der Waals surface area contributed by atoms with Gasteiger partial charge in [-0.1, -0.05) is 15.9 Å². The normalized spacial score (nSPS) is 10.6. The van der Waals surface area contributed by atoms with E-state index in [-0.39, 0.29) is 5.78 Å². The molecule has 0 unspecified atom stereocenters. The zero-order chi connectivity index (χ0) is 12.6. The SMILES string of the molecule is COc1nc2cc(Br)cc(C)c2cc1C(C)=O. The van der Waals surface area contributed by atoms with Gasteiger partial charge in [0.1, 0.15) is 0 Å². The van der Waals surface area contributed by atoms with Gasteiger partial charge in [-0.15, -0.1) is 0 Å². The summed E-state index contributed by atoms with van der Waals surface area (Å²) in [4.78, 5) is 15.9. The lowest BCUT2D eigenvalue weighted by molar-refractivity contribution is 0.101. The van der Waals surface area contributed by atoms with Crippen molar-refractivity contribution in [1.82, 2.24) is 4.98 Å². The molecule has 3 nitrogen and oxygen atoms in total. The number of benzene rings is 1. The minimum Gasteiger partial charge on any atom is -0.480 e. The molecule has 0 bridgehead atoms. The van der Waals surface area contributed by atoms with Crippen molar-refractivity contribution in [3.8, 4) is 5.88 Å². The Morgan fingerprint density at radius 2 is 2.06 bits per heavy atom. The molecule has 0 spiro atoms. The van der Waals surface area contributed by atoms with Crippen LogP contribution in [0.25, 0.3) is 10.9 Å². The number of ether oxygens (including phenoxy) is 1. The minimum absolute atomic E-state index is 0.0430. The molecule has 1 aromatic carbocycles. The van der Waals surface area contributed by atoms with Crippen LogP contribution in [0.5, 0.6) is 5.88 Å². The van der Waals surface area contributed by atoms with Crippen molar-refractivity contribution in [3.05, 3.63) is 33.8 Å². The standard InChI is InChI=1S/C13H12BrNO2/c1-7-4-9(14)5-12-10(7)6-11(8(2)16)13(15-12)17-3/h4-6H,1-3H3. The second kappa shape index (κ2) is 4.45. The molecule has 0 aliphatic carbocycles. The van der Waals surface area contributed by atoms with Crippen LogP contribution in [-0.2, 0) is 0 Å². The molecule has 0 amide bonds. The maximum Gasteiger partial charge on any atom is 0.224 e.